The van der Waals surface area contributed by atoms with E-state index in [1.54, 1.807) is 24.3 Å². The number of carbonyl (C=O) groups excluding carboxylic acids is 2. The van der Waals surface area contributed by atoms with E-state index in [2.05, 4.69) is 15.3 Å². The summed E-state index contributed by atoms with van der Waals surface area (Å²) >= 11 is 4.88. The van der Waals surface area contributed by atoms with Crippen molar-refractivity contribution < 1.29 is 14.3 Å². The van der Waals surface area contributed by atoms with Crippen molar-refractivity contribution >= 4 is 35.5 Å². The predicted octanol–water partition coefficient (Wildman–Crippen LogP) is 1.19. The number of amides is 2. The van der Waals surface area contributed by atoms with Gasteiger partial charge < -0.3 is 15.0 Å². The number of hydrogen-bond donors (Lipinski definition) is 3. The minimum Gasteiger partial charge on any atom is -0.497 e. The summed E-state index contributed by atoms with van der Waals surface area (Å²) in [7, 11) is 1.53. The van der Waals surface area contributed by atoms with Crippen LogP contribution in [0.3, 0.4) is 0 Å². The van der Waals surface area contributed by atoms with Crippen LogP contribution in [0.1, 0.15) is 6.42 Å². The first-order valence-corrected chi connectivity index (χ1v) is 7.50. The molecule has 1 fully saturated rings. The number of imide groups is 1. The number of nitrogens with one attached hydrogen (secondary N) is 3. The zero-order valence-electron chi connectivity index (χ0n) is 12.7. The van der Waals surface area contributed by atoms with Crippen LogP contribution < -0.4 is 20.5 Å². The number of aromatic nitrogens is 2. The van der Waals surface area contributed by atoms with Crippen LogP contribution in [-0.4, -0.2) is 34.9 Å². The van der Waals surface area contributed by atoms with E-state index in [0.717, 1.165) is 4.90 Å². The summed E-state index contributed by atoms with van der Waals surface area (Å²) in [6.45, 7) is 0. The zero-order valence-corrected chi connectivity index (χ0v) is 13.5. The molecule has 0 radical (unpaired) electrons. The Hall–Kier alpha value is -2.94. The van der Waals surface area contributed by atoms with Crippen LogP contribution in [-0.2, 0) is 9.59 Å². The van der Waals surface area contributed by atoms with E-state index in [9.17, 15) is 14.4 Å². The number of ether oxygens (including phenoxy) is 1. The van der Waals surface area contributed by atoms with Crippen LogP contribution >= 0.6 is 12.2 Å². The Kier molecular flexibility index (Phi) is 4.17. The van der Waals surface area contributed by atoms with Crippen molar-refractivity contribution in [1.29, 1.82) is 0 Å². The normalized spacial score (nSPS) is 17.2. The maximum Gasteiger partial charge on any atom is 0.256 e. The number of anilines is 2. The van der Waals surface area contributed by atoms with E-state index < -0.39 is 17.5 Å². The molecular weight excluding hydrogens is 332 g/mol. The number of H-pyrrole nitrogens is 2. The van der Waals surface area contributed by atoms with Crippen molar-refractivity contribution in [1.82, 2.24) is 9.97 Å². The lowest BCUT2D eigenvalue weighted by Gasteiger charge is -2.16. The molecule has 2 amide bonds. The van der Waals surface area contributed by atoms with E-state index in [0.29, 0.717) is 11.4 Å². The molecule has 24 heavy (non-hydrogen) atoms. The molecule has 2 aromatic rings. The van der Waals surface area contributed by atoms with Crippen molar-refractivity contribution in [3.63, 3.8) is 0 Å². The van der Waals surface area contributed by atoms with E-state index in [1.165, 1.54) is 13.2 Å². The number of benzene rings is 1. The third kappa shape index (κ3) is 3.06. The lowest BCUT2D eigenvalue weighted by Crippen LogP contribution is -2.35. The van der Waals surface area contributed by atoms with Crippen LogP contribution in [0.5, 0.6) is 5.75 Å². The highest BCUT2D eigenvalue weighted by Crippen LogP contribution is 2.26. The molecule has 124 valence electrons. The molecule has 1 saturated heterocycles. The molecule has 0 unspecified atom stereocenters. The minimum atomic E-state index is -0.771. The molecule has 2 heterocycles. The van der Waals surface area contributed by atoms with Crippen LogP contribution in [0, 0.1) is 4.77 Å². The highest BCUT2D eigenvalue weighted by atomic mass is 32.1. The predicted molar refractivity (Wildman–Crippen MR) is 89.8 cm³/mol. The van der Waals surface area contributed by atoms with Gasteiger partial charge in [-0.1, -0.05) is 0 Å². The first kappa shape index (κ1) is 15.9. The third-order valence-corrected chi connectivity index (χ3v) is 3.77. The minimum absolute atomic E-state index is 0.0156. The van der Waals surface area contributed by atoms with Crippen LogP contribution in [0.25, 0.3) is 0 Å². The van der Waals surface area contributed by atoms with Gasteiger partial charge in [0.2, 0.25) is 5.91 Å². The van der Waals surface area contributed by atoms with Gasteiger partial charge in [0.25, 0.3) is 11.5 Å². The Morgan fingerprint density at radius 2 is 1.92 bits per heavy atom. The Labute approximate surface area is 141 Å². The van der Waals surface area contributed by atoms with E-state index in [1.807, 2.05) is 0 Å². The summed E-state index contributed by atoms with van der Waals surface area (Å²) in [5.74, 6) is 0.186. The second-order valence-corrected chi connectivity index (χ2v) is 5.58. The number of nitrogens with zero attached hydrogens (tertiary/aromatic N) is 1. The summed E-state index contributed by atoms with van der Waals surface area (Å²) < 4.78 is 5.19. The van der Waals surface area contributed by atoms with Crippen molar-refractivity contribution in [2.24, 2.45) is 0 Å². The van der Waals surface area contributed by atoms with Gasteiger partial charge in [-0.3, -0.25) is 19.4 Å². The molecule has 0 aliphatic carbocycles. The smallest absolute Gasteiger partial charge is 0.256 e. The molecular formula is C15H14N4O4S. The van der Waals surface area contributed by atoms with Crippen LogP contribution in [0.15, 0.2) is 35.1 Å². The molecule has 1 atom stereocenters. The highest BCUT2D eigenvalue weighted by molar-refractivity contribution is 7.71. The second kappa shape index (κ2) is 6.28. The van der Waals surface area contributed by atoms with Gasteiger partial charge in [0.1, 0.15) is 17.6 Å². The summed E-state index contributed by atoms with van der Waals surface area (Å²) in [5, 5.41) is 2.85. The molecule has 3 N–H and O–H groups in total. The van der Waals surface area contributed by atoms with Crippen molar-refractivity contribution in [2.75, 3.05) is 17.3 Å². The lowest BCUT2D eigenvalue weighted by molar-refractivity contribution is -0.121. The fourth-order valence-electron chi connectivity index (χ4n) is 2.48. The molecule has 0 spiro atoms. The van der Waals surface area contributed by atoms with E-state index in [4.69, 9.17) is 17.0 Å². The molecule has 1 aromatic carbocycles. The van der Waals surface area contributed by atoms with Crippen molar-refractivity contribution in [3.05, 3.63) is 45.5 Å². The standard InChI is InChI=1S/C15H14N4O4S/c1-23-9-4-2-8(3-5-9)19-13(21)6-10(14(19)22)16-11-7-12(20)18-15(24)17-11/h2-5,7,10H,6H2,1H3,(H3,16,17,18,20,24)/t10-/m0/s1. The average Bonchev–Trinajstić information content (AvgIpc) is 2.80. The van der Waals surface area contributed by atoms with Gasteiger partial charge in [-0.25, -0.2) is 4.90 Å². The topological polar surface area (TPSA) is 107 Å². The largest absolute Gasteiger partial charge is 0.497 e. The zero-order chi connectivity index (χ0) is 17.3. The van der Waals surface area contributed by atoms with E-state index in [-0.39, 0.29) is 22.9 Å². The van der Waals surface area contributed by atoms with Crippen LogP contribution in [0.2, 0.25) is 0 Å². The first-order valence-electron chi connectivity index (χ1n) is 7.09. The number of carbonyl (C=O) groups is 2. The van der Waals surface area contributed by atoms with Crippen molar-refractivity contribution in [2.45, 2.75) is 12.5 Å². The number of rotatable bonds is 4. The van der Waals surface area contributed by atoms with Gasteiger partial charge in [0.15, 0.2) is 4.77 Å². The number of hydrogen-bond acceptors (Lipinski definition) is 6. The summed E-state index contributed by atoms with van der Waals surface area (Å²) in [4.78, 5) is 42.4. The fraction of sp³-hybridized carbons (Fsp3) is 0.200. The van der Waals surface area contributed by atoms with Gasteiger partial charge in [0, 0.05) is 6.07 Å². The molecule has 3 rings (SSSR count). The Morgan fingerprint density at radius 3 is 2.54 bits per heavy atom. The van der Waals surface area contributed by atoms with Gasteiger partial charge in [-0.2, -0.15) is 0 Å². The first-order chi connectivity index (χ1) is 11.5. The SMILES string of the molecule is COc1ccc(N2C(=O)C[C@H](Nc3cc(=O)[nH]c(=S)[nH]3)C2=O)cc1. The Balaban J connectivity index is 1.83. The fourth-order valence-corrected chi connectivity index (χ4v) is 2.69. The quantitative estimate of drug-likeness (QED) is 0.567. The lowest BCUT2D eigenvalue weighted by atomic mass is 10.2. The van der Waals surface area contributed by atoms with Gasteiger partial charge in [-0.05, 0) is 36.5 Å². The summed E-state index contributed by atoms with van der Waals surface area (Å²) in [5.41, 5.74) is 0.0685. The molecule has 1 aliphatic rings. The van der Waals surface area contributed by atoms with Gasteiger partial charge >= 0.3 is 0 Å². The van der Waals surface area contributed by atoms with Crippen molar-refractivity contribution in [3.8, 4) is 5.75 Å². The highest BCUT2D eigenvalue weighted by Gasteiger charge is 2.39. The molecule has 9 heteroatoms. The molecule has 0 bridgehead atoms. The second-order valence-electron chi connectivity index (χ2n) is 5.17. The maximum atomic E-state index is 12.5. The van der Waals surface area contributed by atoms with Crippen LogP contribution in [0.4, 0.5) is 11.5 Å². The number of methoxy groups -OCH3 is 1. The Morgan fingerprint density at radius 1 is 1.21 bits per heavy atom. The summed E-state index contributed by atoms with van der Waals surface area (Å²) in [6.07, 6.45) is -0.0156. The summed E-state index contributed by atoms with van der Waals surface area (Å²) in [6, 6.07) is 7.08. The molecule has 8 nitrogen and oxygen atoms in total. The molecule has 0 saturated carbocycles. The maximum absolute atomic E-state index is 12.5. The van der Waals surface area contributed by atoms with Gasteiger partial charge in [-0.15, -0.1) is 0 Å². The Bertz CT molecular complexity index is 874. The van der Waals surface area contributed by atoms with Gasteiger partial charge in [0.05, 0.1) is 19.2 Å². The number of aromatic amines is 2. The molecule has 1 aliphatic heterocycles. The average molecular weight is 346 g/mol. The molecule has 1 aromatic heterocycles. The third-order valence-electron chi connectivity index (χ3n) is 3.57. The monoisotopic (exact) mass is 346 g/mol. The van der Waals surface area contributed by atoms with E-state index >= 15 is 0 Å².